The number of para-hydroxylation sites is 1. The van der Waals surface area contributed by atoms with E-state index in [-0.39, 0.29) is 0 Å². The van der Waals surface area contributed by atoms with Crippen LogP contribution < -0.4 is 4.74 Å². The molecule has 0 spiro atoms. The molecular weight excluding hydrogens is 212 g/mol. The van der Waals surface area contributed by atoms with E-state index in [1.807, 2.05) is 18.2 Å². The van der Waals surface area contributed by atoms with Gasteiger partial charge in [0.05, 0.1) is 12.2 Å². The first kappa shape index (κ1) is 13.8. The largest absolute Gasteiger partial charge is 0.493 e. The number of carbonyl (C=O) groups excluding carboxylic acids is 1. The highest BCUT2D eigenvalue weighted by Gasteiger charge is 2.00. The van der Waals surface area contributed by atoms with Gasteiger partial charge in [-0.1, -0.05) is 51.2 Å². The van der Waals surface area contributed by atoms with Crippen LogP contribution in [0.1, 0.15) is 55.8 Å². The van der Waals surface area contributed by atoms with E-state index in [0.29, 0.717) is 17.9 Å². The molecule has 0 saturated heterocycles. The summed E-state index contributed by atoms with van der Waals surface area (Å²) in [6.45, 7) is 2.93. The van der Waals surface area contributed by atoms with Crippen molar-refractivity contribution in [2.45, 2.75) is 45.4 Å². The molecule has 0 aliphatic carbocycles. The molecule has 1 aromatic carbocycles. The maximum Gasteiger partial charge on any atom is 0.153 e. The van der Waals surface area contributed by atoms with Gasteiger partial charge in [0.2, 0.25) is 0 Å². The Balaban J connectivity index is 2.15. The molecule has 0 unspecified atom stereocenters. The Morgan fingerprint density at radius 2 is 1.76 bits per heavy atom. The molecule has 0 bridgehead atoms. The van der Waals surface area contributed by atoms with Gasteiger partial charge >= 0.3 is 0 Å². The first-order valence-electron chi connectivity index (χ1n) is 6.55. The molecule has 2 heteroatoms. The minimum Gasteiger partial charge on any atom is -0.493 e. The molecule has 0 fully saturated rings. The van der Waals surface area contributed by atoms with Crippen molar-refractivity contribution in [2.75, 3.05) is 6.61 Å². The fourth-order valence-electron chi connectivity index (χ4n) is 1.77. The lowest BCUT2D eigenvalue weighted by molar-refractivity contribution is 0.111. The molecule has 17 heavy (non-hydrogen) atoms. The van der Waals surface area contributed by atoms with Gasteiger partial charge in [0.15, 0.2) is 6.29 Å². The van der Waals surface area contributed by atoms with Gasteiger partial charge in [0.25, 0.3) is 0 Å². The monoisotopic (exact) mass is 234 g/mol. The number of hydrogen-bond donors (Lipinski definition) is 0. The summed E-state index contributed by atoms with van der Waals surface area (Å²) in [6, 6.07) is 7.37. The molecule has 0 saturated carbocycles. The second-order valence-corrected chi connectivity index (χ2v) is 4.27. The lowest BCUT2D eigenvalue weighted by Gasteiger charge is -2.07. The standard InChI is InChI=1S/C15H22O2/c1-2-3-4-5-6-9-12-17-15-11-8-7-10-14(15)13-16/h7-8,10-11,13H,2-6,9,12H2,1H3. The van der Waals surface area contributed by atoms with Crippen LogP contribution in [0.15, 0.2) is 24.3 Å². The van der Waals surface area contributed by atoms with E-state index in [2.05, 4.69) is 6.92 Å². The van der Waals surface area contributed by atoms with Crippen LogP contribution in [0.4, 0.5) is 0 Å². The number of rotatable bonds is 9. The predicted molar refractivity (Wildman–Crippen MR) is 70.7 cm³/mol. The van der Waals surface area contributed by atoms with Crippen molar-refractivity contribution >= 4 is 6.29 Å². The summed E-state index contributed by atoms with van der Waals surface area (Å²) in [4.78, 5) is 10.8. The number of benzene rings is 1. The Labute approximate surface area is 104 Å². The SMILES string of the molecule is CCCCCCCCOc1ccccc1C=O. The van der Waals surface area contributed by atoms with Crippen molar-refractivity contribution < 1.29 is 9.53 Å². The van der Waals surface area contributed by atoms with Crippen LogP contribution in [0.2, 0.25) is 0 Å². The number of aldehydes is 1. The summed E-state index contributed by atoms with van der Waals surface area (Å²) in [5, 5.41) is 0. The third-order valence-electron chi connectivity index (χ3n) is 2.80. The fourth-order valence-corrected chi connectivity index (χ4v) is 1.77. The van der Waals surface area contributed by atoms with Gasteiger partial charge in [-0.3, -0.25) is 4.79 Å². The van der Waals surface area contributed by atoms with Crippen molar-refractivity contribution in [2.24, 2.45) is 0 Å². The lowest BCUT2D eigenvalue weighted by atomic mass is 10.1. The van der Waals surface area contributed by atoms with Gasteiger partial charge in [-0.2, -0.15) is 0 Å². The normalized spacial score (nSPS) is 10.2. The summed E-state index contributed by atoms with van der Waals surface area (Å²) < 4.78 is 5.60. The molecule has 0 amide bonds. The first-order valence-corrected chi connectivity index (χ1v) is 6.55. The van der Waals surface area contributed by atoms with Gasteiger partial charge in [-0.15, -0.1) is 0 Å². The van der Waals surface area contributed by atoms with Crippen molar-refractivity contribution in [3.63, 3.8) is 0 Å². The zero-order valence-electron chi connectivity index (χ0n) is 10.7. The van der Waals surface area contributed by atoms with E-state index in [1.54, 1.807) is 6.07 Å². The highest BCUT2D eigenvalue weighted by Crippen LogP contribution is 2.16. The van der Waals surface area contributed by atoms with Crippen LogP contribution in [0.25, 0.3) is 0 Å². The summed E-state index contributed by atoms with van der Waals surface area (Å²) >= 11 is 0. The first-order chi connectivity index (χ1) is 8.38. The number of unbranched alkanes of at least 4 members (excludes halogenated alkanes) is 5. The smallest absolute Gasteiger partial charge is 0.153 e. The van der Waals surface area contributed by atoms with E-state index in [9.17, 15) is 4.79 Å². The third-order valence-corrected chi connectivity index (χ3v) is 2.80. The van der Waals surface area contributed by atoms with Gasteiger partial charge in [-0.25, -0.2) is 0 Å². The van der Waals surface area contributed by atoms with Gasteiger partial charge in [0.1, 0.15) is 5.75 Å². The lowest BCUT2D eigenvalue weighted by Crippen LogP contribution is -1.99. The summed E-state index contributed by atoms with van der Waals surface area (Å²) in [5.41, 5.74) is 0.637. The van der Waals surface area contributed by atoms with Crippen LogP contribution in [0.3, 0.4) is 0 Å². The van der Waals surface area contributed by atoms with Crippen molar-refractivity contribution in [3.05, 3.63) is 29.8 Å². The Hall–Kier alpha value is -1.31. The van der Waals surface area contributed by atoms with Crippen molar-refractivity contribution in [1.82, 2.24) is 0 Å². The molecule has 94 valence electrons. The second kappa shape index (κ2) is 8.80. The molecule has 0 aliphatic rings. The summed E-state index contributed by atoms with van der Waals surface area (Å²) in [7, 11) is 0. The maximum atomic E-state index is 10.8. The molecule has 0 heterocycles. The minimum absolute atomic E-state index is 0.637. The zero-order chi connectivity index (χ0) is 12.3. The van der Waals surface area contributed by atoms with Gasteiger partial charge in [-0.05, 0) is 18.6 Å². The molecule has 0 aromatic heterocycles. The molecule has 0 aliphatic heterocycles. The Morgan fingerprint density at radius 1 is 1.06 bits per heavy atom. The summed E-state index contributed by atoms with van der Waals surface area (Å²) in [5.74, 6) is 0.705. The molecule has 0 radical (unpaired) electrons. The molecule has 0 N–H and O–H groups in total. The fraction of sp³-hybridized carbons (Fsp3) is 0.533. The Kier molecular flexibility index (Phi) is 7.12. The van der Waals surface area contributed by atoms with Crippen molar-refractivity contribution in [1.29, 1.82) is 0 Å². The van der Waals surface area contributed by atoms with Gasteiger partial charge < -0.3 is 4.74 Å². The van der Waals surface area contributed by atoms with Crippen LogP contribution in [0.5, 0.6) is 5.75 Å². The molecule has 1 aromatic rings. The van der Waals surface area contributed by atoms with Crippen LogP contribution >= 0.6 is 0 Å². The van der Waals surface area contributed by atoms with Crippen LogP contribution in [-0.4, -0.2) is 12.9 Å². The van der Waals surface area contributed by atoms with E-state index in [0.717, 1.165) is 12.7 Å². The minimum atomic E-state index is 0.637. The Bertz CT molecular complexity index is 320. The third kappa shape index (κ3) is 5.53. The highest BCUT2D eigenvalue weighted by atomic mass is 16.5. The average molecular weight is 234 g/mol. The number of carbonyl (C=O) groups is 1. The van der Waals surface area contributed by atoms with Crippen LogP contribution in [-0.2, 0) is 0 Å². The van der Waals surface area contributed by atoms with Gasteiger partial charge in [0, 0.05) is 0 Å². The number of ether oxygens (including phenoxy) is 1. The van der Waals surface area contributed by atoms with E-state index < -0.39 is 0 Å². The van der Waals surface area contributed by atoms with Crippen LogP contribution in [0, 0.1) is 0 Å². The topological polar surface area (TPSA) is 26.3 Å². The quantitative estimate of drug-likeness (QED) is 0.472. The zero-order valence-corrected chi connectivity index (χ0v) is 10.7. The highest BCUT2D eigenvalue weighted by molar-refractivity contribution is 5.79. The van der Waals surface area contributed by atoms with Crippen molar-refractivity contribution in [3.8, 4) is 5.75 Å². The molecule has 2 nitrogen and oxygen atoms in total. The average Bonchev–Trinajstić information content (AvgIpc) is 2.38. The van der Waals surface area contributed by atoms with E-state index in [1.165, 1.54) is 32.1 Å². The number of hydrogen-bond acceptors (Lipinski definition) is 2. The predicted octanol–water partition coefficient (Wildman–Crippen LogP) is 4.24. The van der Waals surface area contributed by atoms with E-state index >= 15 is 0 Å². The second-order valence-electron chi connectivity index (χ2n) is 4.27. The molecule has 1 rings (SSSR count). The Morgan fingerprint density at radius 3 is 2.53 bits per heavy atom. The maximum absolute atomic E-state index is 10.8. The molecular formula is C15H22O2. The molecule has 0 atom stereocenters. The van der Waals surface area contributed by atoms with E-state index in [4.69, 9.17) is 4.74 Å². The summed E-state index contributed by atoms with van der Waals surface area (Å²) in [6.07, 6.45) is 8.34.